The zero-order chi connectivity index (χ0) is 17.9. The van der Waals surface area contributed by atoms with Crippen LogP contribution in [0.2, 0.25) is 0 Å². The Balaban J connectivity index is 2.35. The number of carboxylic acid groups (broad SMARTS) is 1. The van der Waals surface area contributed by atoms with Crippen molar-refractivity contribution in [2.75, 3.05) is 7.05 Å². The number of carbonyl (C=O) groups is 1. The van der Waals surface area contributed by atoms with Gasteiger partial charge >= 0.3 is 5.97 Å². The Morgan fingerprint density at radius 1 is 1.12 bits per heavy atom. The van der Waals surface area contributed by atoms with Crippen molar-refractivity contribution in [1.82, 2.24) is 4.31 Å². The molecule has 128 valence electrons. The fraction of sp³-hybridized carbons (Fsp3) is 0.278. The van der Waals surface area contributed by atoms with E-state index in [1.807, 2.05) is 32.0 Å². The molecule has 0 saturated heterocycles. The third kappa shape index (κ3) is 3.83. The predicted molar refractivity (Wildman–Crippen MR) is 92.4 cm³/mol. The van der Waals surface area contributed by atoms with Crippen molar-refractivity contribution in [2.45, 2.75) is 31.2 Å². The largest absolute Gasteiger partial charge is 0.480 e. The van der Waals surface area contributed by atoms with Crippen LogP contribution in [0.4, 0.5) is 0 Å². The predicted octanol–water partition coefficient (Wildman–Crippen LogP) is 2.62. The van der Waals surface area contributed by atoms with Gasteiger partial charge in [-0.15, -0.1) is 0 Å². The van der Waals surface area contributed by atoms with Crippen LogP contribution in [-0.4, -0.2) is 36.9 Å². The van der Waals surface area contributed by atoms with Gasteiger partial charge in [-0.3, -0.25) is 4.79 Å². The van der Waals surface area contributed by atoms with Gasteiger partial charge in [-0.25, -0.2) is 8.42 Å². The smallest absolute Gasteiger partial charge is 0.322 e. The highest BCUT2D eigenvalue weighted by molar-refractivity contribution is 7.89. The Hall–Kier alpha value is -2.18. The quantitative estimate of drug-likeness (QED) is 0.872. The Bertz CT molecular complexity index is 831. The Morgan fingerprint density at radius 3 is 2.29 bits per heavy atom. The zero-order valence-electron chi connectivity index (χ0n) is 13.9. The van der Waals surface area contributed by atoms with E-state index in [9.17, 15) is 18.3 Å². The van der Waals surface area contributed by atoms with Crippen LogP contribution in [0.1, 0.15) is 16.7 Å². The first-order chi connectivity index (χ1) is 11.2. The van der Waals surface area contributed by atoms with Gasteiger partial charge in [-0.1, -0.05) is 42.0 Å². The number of carboxylic acids is 1. The number of sulfonamides is 1. The summed E-state index contributed by atoms with van der Waals surface area (Å²) >= 11 is 0. The Morgan fingerprint density at radius 2 is 1.75 bits per heavy atom. The highest BCUT2D eigenvalue weighted by atomic mass is 32.2. The van der Waals surface area contributed by atoms with Crippen LogP contribution in [0, 0.1) is 13.8 Å². The van der Waals surface area contributed by atoms with Gasteiger partial charge in [-0.05, 0) is 43.5 Å². The minimum Gasteiger partial charge on any atom is -0.480 e. The second-order valence-electron chi connectivity index (χ2n) is 5.82. The molecule has 0 unspecified atom stereocenters. The molecular weight excluding hydrogens is 326 g/mol. The van der Waals surface area contributed by atoms with Gasteiger partial charge in [0.05, 0.1) is 4.90 Å². The molecule has 0 aromatic heterocycles. The van der Waals surface area contributed by atoms with Gasteiger partial charge in [0.1, 0.15) is 6.04 Å². The molecule has 0 bridgehead atoms. The molecule has 5 nitrogen and oxygen atoms in total. The van der Waals surface area contributed by atoms with E-state index >= 15 is 0 Å². The number of aryl methyl sites for hydroxylation is 2. The molecule has 0 amide bonds. The molecular formula is C18H21NO4S. The summed E-state index contributed by atoms with van der Waals surface area (Å²) in [6.45, 7) is 3.85. The number of aliphatic carboxylic acids is 1. The summed E-state index contributed by atoms with van der Waals surface area (Å²) in [4.78, 5) is 11.8. The molecule has 0 spiro atoms. The summed E-state index contributed by atoms with van der Waals surface area (Å²) < 4.78 is 26.3. The first-order valence-corrected chi connectivity index (χ1v) is 8.99. The van der Waals surface area contributed by atoms with Gasteiger partial charge in [0.2, 0.25) is 10.0 Å². The highest BCUT2D eigenvalue weighted by Gasteiger charge is 2.33. The number of nitrogens with zero attached hydrogens (tertiary/aromatic N) is 1. The molecule has 1 N–H and O–H groups in total. The lowest BCUT2D eigenvalue weighted by Gasteiger charge is -2.25. The van der Waals surface area contributed by atoms with Crippen molar-refractivity contribution in [3.05, 3.63) is 65.2 Å². The molecule has 2 aromatic carbocycles. The number of likely N-dealkylation sites (N-methyl/N-ethyl adjacent to an activating group) is 1. The van der Waals surface area contributed by atoms with Crippen molar-refractivity contribution < 1.29 is 18.3 Å². The van der Waals surface area contributed by atoms with Crippen LogP contribution in [-0.2, 0) is 21.2 Å². The maximum Gasteiger partial charge on any atom is 0.322 e. The van der Waals surface area contributed by atoms with Crippen LogP contribution in [0.3, 0.4) is 0 Å². The van der Waals surface area contributed by atoms with Gasteiger partial charge in [-0.2, -0.15) is 4.31 Å². The standard InChI is InChI=1S/C18H21NO4S/c1-13-9-10-15(14(2)11-13)12-17(18(20)21)19(3)24(22,23)16-7-5-4-6-8-16/h4-11,17H,12H2,1-3H3,(H,20,21)/t17-/m0/s1. The van der Waals surface area contributed by atoms with Gasteiger partial charge < -0.3 is 5.11 Å². The summed E-state index contributed by atoms with van der Waals surface area (Å²) in [6.07, 6.45) is 0.115. The van der Waals surface area contributed by atoms with E-state index in [2.05, 4.69) is 0 Å². The van der Waals surface area contributed by atoms with Gasteiger partial charge in [0, 0.05) is 7.05 Å². The molecule has 0 aliphatic rings. The normalized spacial score (nSPS) is 13.0. The lowest BCUT2D eigenvalue weighted by atomic mass is 9.99. The molecule has 0 aliphatic carbocycles. The van der Waals surface area contributed by atoms with Crippen LogP contribution >= 0.6 is 0 Å². The van der Waals surface area contributed by atoms with Crippen molar-refractivity contribution in [3.8, 4) is 0 Å². The second kappa shape index (κ2) is 7.15. The second-order valence-corrected chi connectivity index (χ2v) is 7.82. The van der Waals surface area contributed by atoms with E-state index < -0.39 is 22.0 Å². The third-order valence-electron chi connectivity index (χ3n) is 4.06. The van der Waals surface area contributed by atoms with Gasteiger partial charge in [0.25, 0.3) is 0 Å². The number of hydrogen-bond donors (Lipinski definition) is 1. The fourth-order valence-corrected chi connectivity index (χ4v) is 3.91. The first kappa shape index (κ1) is 18.2. The number of rotatable bonds is 6. The molecule has 1 atom stereocenters. The minimum atomic E-state index is -3.87. The molecule has 6 heteroatoms. The fourth-order valence-electron chi connectivity index (χ4n) is 2.58. The summed E-state index contributed by atoms with van der Waals surface area (Å²) in [5.74, 6) is -1.17. The first-order valence-electron chi connectivity index (χ1n) is 7.55. The SMILES string of the molecule is Cc1ccc(C[C@@H](C(=O)O)N(C)S(=O)(=O)c2ccccc2)c(C)c1. The molecule has 0 aliphatic heterocycles. The van der Waals surface area contributed by atoms with Crippen molar-refractivity contribution >= 4 is 16.0 Å². The number of benzene rings is 2. The van der Waals surface area contributed by atoms with Crippen LogP contribution in [0.15, 0.2) is 53.4 Å². The van der Waals surface area contributed by atoms with E-state index in [0.717, 1.165) is 21.0 Å². The zero-order valence-corrected chi connectivity index (χ0v) is 14.7. The maximum absolute atomic E-state index is 12.7. The van der Waals surface area contributed by atoms with Crippen LogP contribution in [0.5, 0.6) is 0 Å². The molecule has 0 radical (unpaired) electrons. The average Bonchev–Trinajstić information content (AvgIpc) is 2.54. The van der Waals surface area contributed by atoms with Gasteiger partial charge in [0.15, 0.2) is 0 Å². The molecule has 2 rings (SSSR count). The maximum atomic E-state index is 12.7. The molecule has 24 heavy (non-hydrogen) atoms. The average molecular weight is 347 g/mol. The van der Waals surface area contributed by atoms with Crippen LogP contribution in [0.25, 0.3) is 0 Å². The number of hydrogen-bond acceptors (Lipinski definition) is 3. The summed E-state index contributed by atoms with van der Waals surface area (Å²) in [5, 5.41) is 9.55. The van der Waals surface area contributed by atoms with E-state index in [-0.39, 0.29) is 11.3 Å². The van der Waals surface area contributed by atoms with Crippen molar-refractivity contribution in [3.63, 3.8) is 0 Å². The lowest BCUT2D eigenvalue weighted by molar-refractivity contribution is -0.141. The summed E-state index contributed by atoms with van der Waals surface area (Å²) in [5.41, 5.74) is 2.85. The van der Waals surface area contributed by atoms with E-state index in [1.54, 1.807) is 18.2 Å². The van der Waals surface area contributed by atoms with E-state index in [1.165, 1.54) is 19.2 Å². The van der Waals surface area contributed by atoms with E-state index in [4.69, 9.17) is 0 Å². The van der Waals surface area contributed by atoms with Crippen molar-refractivity contribution in [1.29, 1.82) is 0 Å². The Labute approximate surface area is 142 Å². The summed E-state index contributed by atoms with van der Waals surface area (Å²) in [6, 6.07) is 12.4. The lowest BCUT2D eigenvalue weighted by Crippen LogP contribution is -2.43. The molecule has 0 saturated carbocycles. The Kier molecular flexibility index (Phi) is 5.41. The summed E-state index contributed by atoms with van der Waals surface area (Å²) in [7, 11) is -2.56. The monoisotopic (exact) mass is 347 g/mol. The minimum absolute atomic E-state index is 0.0828. The molecule has 0 heterocycles. The molecule has 2 aromatic rings. The van der Waals surface area contributed by atoms with Crippen molar-refractivity contribution in [2.24, 2.45) is 0 Å². The highest BCUT2D eigenvalue weighted by Crippen LogP contribution is 2.20. The molecule has 0 fully saturated rings. The topological polar surface area (TPSA) is 74.7 Å². The van der Waals surface area contributed by atoms with E-state index in [0.29, 0.717) is 0 Å². The third-order valence-corrected chi connectivity index (χ3v) is 5.94. The van der Waals surface area contributed by atoms with Crippen LogP contribution < -0.4 is 0 Å².